The molecular formula is C28H34. The highest BCUT2D eigenvalue weighted by atomic mass is 13.8. The molecule has 0 aliphatic carbocycles. The van der Waals surface area contributed by atoms with Crippen molar-refractivity contribution in [2.45, 2.75) is 13.3 Å². The van der Waals surface area contributed by atoms with Crippen LogP contribution in [0.25, 0.3) is 12.2 Å². The van der Waals surface area contributed by atoms with Gasteiger partial charge in [0.1, 0.15) is 0 Å². The Hall–Kier alpha value is -3.38. The summed E-state index contributed by atoms with van der Waals surface area (Å²) in [5.41, 5.74) is 2.46. The van der Waals surface area contributed by atoms with E-state index in [2.05, 4.69) is 76.2 Å². The highest BCUT2D eigenvalue weighted by Crippen LogP contribution is 2.01. The average Bonchev–Trinajstić information content (AvgIpc) is 2.83. The number of benzene rings is 3. The number of allylic oxidation sites excluding steroid dienone is 1. The van der Waals surface area contributed by atoms with E-state index in [1.165, 1.54) is 11.1 Å². The number of hydrogen-bond acceptors (Lipinski definition) is 0. The zero-order chi connectivity index (χ0) is 21.3. The van der Waals surface area contributed by atoms with Crippen molar-refractivity contribution in [3.63, 3.8) is 0 Å². The molecule has 0 atom stereocenters. The lowest BCUT2D eigenvalue weighted by Crippen LogP contribution is -1.66. The molecule has 0 heterocycles. The smallest absolute Gasteiger partial charge is 0.0260 e. The topological polar surface area (TPSA) is 0 Å². The monoisotopic (exact) mass is 370 g/mol. The predicted molar refractivity (Wildman–Crippen MR) is 131 cm³/mol. The van der Waals surface area contributed by atoms with Crippen LogP contribution < -0.4 is 0 Å². The Bertz CT molecular complexity index is 653. The van der Waals surface area contributed by atoms with E-state index in [0.29, 0.717) is 0 Å². The summed E-state index contributed by atoms with van der Waals surface area (Å²) in [5.74, 6) is 0. The quantitative estimate of drug-likeness (QED) is 0.404. The second-order valence-corrected chi connectivity index (χ2v) is 4.99. The van der Waals surface area contributed by atoms with Gasteiger partial charge >= 0.3 is 0 Å². The molecule has 0 unspecified atom stereocenters. The Balaban J connectivity index is 0. The summed E-state index contributed by atoms with van der Waals surface area (Å²) in [6.07, 6.45) is 7.24. The van der Waals surface area contributed by atoms with Crippen molar-refractivity contribution in [1.29, 1.82) is 0 Å². The van der Waals surface area contributed by atoms with Crippen LogP contribution in [-0.2, 0) is 0 Å². The molecule has 0 heteroatoms. The first kappa shape index (κ1) is 26.8. The largest absolute Gasteiger partial charge is 0.106 e. The van der Waals surface area contributed by atoms with Crippen molar-refractivity contribution in [2.24, 2.45) is 0 Å². The van der Waals surface area contributed by atoms with Gasteiger partial charge in [-0.25, -0.2) is 0 Å². The lowest BCUT2D eigenvalue weighted by molar-refractivity contribution is 1.23. The van der Waals surface area contributed by atoms with E-state index in [1.54, 1.807) is 0 Å². The highest BCUT2D eigenvalue weighted by Gasteiger charge is 1.79. The number of hydrogen-bond donors (Lipinski definition) is 0. The normalized spacial score (nSPS) is 8.18. The molecule has 0 saturated heterocycles. The van der Waals surface area contributed by atoms with Gasteiger partial charge in [-0.15, -0.1) is 26.3 Å². The lowest BCUT2D eigenvalue weighted by atomic mass is 10.2. The van der Waals surface area contributed by atoms with Gasteiger partial charge in [0.2, 0.25) is 0 Å². The standard InChI is InChI=1S/C10H12.C8H8.C6H6.2C2H4/c1-2-3-7-10-8-5-4-6-9-10;1-2-8-6-4-3-5-7-8;1-2-4-6-5-3-1;2*1-2/h3-9H,2H2,1H3;2-7H,1H2;1-6H;2*1-2H2. The summed E-state index contributed by atoms with van der Waals surface area (Å²) in [4.78, 5) is 0. The second kappa shape index (κ2) is 23.6. The molecule has 0 saturated carbocycles. The zero-order valence-electron chi connectivity index (χ0n) is 17.2. The maximum Gasteiger partial charge on any atom is -0.0260 e. The predicted octanol–water partition coefficient (Wildman–Crippen LogP) is 8.73. The molecule has 0 radical (unpaired) electrons. The van der Waals surface area contributed by atoms with E-state index in [0.717, 1.165) is 6.42 Å². The molecule has 28 heavy (non-hydrogen) atoms. The maximum absolute atomic E-state index is 3.63. The first-order valence-electron chi connectivity index (χ1n) is 9.26. The van der Waals surface area contributed by atoms with Gasteiger partial charge in [-0.2, -0.15) is 0 Å². The van der Waals surface area contributed by atoms with Crippen LogP contribution in [0.4, 0.5) is 0 Å². The molecule has 0 bridgehead atoms. The molecule has 146 valence electrons. The van der Waals surface area contributed by atoms with E-state index in [4.69, 9.17) is 0 Å². The van der Waals surface area contributed by atoms with Gasteiger partial charge < -0.3 is 0 Å². The zero-order valence-corrected chi connectivity index (χ0v) is 17.2. The third-order valence-electron chi connectivity index (χ3n) is 3.05. The molecule has 0 aromatic heterocycles. The van der Waals surface area contributed by atoms with Crippen LogP contribution in [-0.4, -0.2) is 0 Å². The molecule has 3 rings (SSSR count). The van der Waals surface area contributed by atoms with Crippen LogP contribution in [0.5, 0.6) is 0 Å². The highest BCUT2D eigenvalue weighted by molar-refractivity contribution is 5.48. The minimum Gasteiger partial charge on any atom is -0.106 e. The van der Waals surface area contributed by atoms with Crippen LogP contribution in [0.1, 0.15) is 24.5 Å². The van der Waals surface area contributed by atoms with Gasteiger partial charge in [-0.3, -0.25) is 0 Å². The van der Waals surface area contributed by atoms with Gasteiger partial charge in [0, 0.05) is 0 Å². The van der Waals surface area contributed by atoms with Crippen molar-refractivity contribution in [3.05, 3.63) is 147 Å². The van der Waals surface area contributed by atoms with Gasteiger partial charge in [0.15, 0.2) is 0 Å². The van der Waals surface area contributed by atoms with Gasteiger partial charge in [-0.05, 0) is 17.5 Å². The molecular weight excluding hydrogens is 336 g/mol. The van der Waals surface area contributed by atoms with Gasteiger partial charge in [0.05, 0.1) is 0 Å². The third-order valence-corrected chi connectivity index (χ3v) is 3.05. The van der Waals surface area contributed by atoms with E-state index in [9.17, 15) is 0 Å². The molecule has 3 aromatic rings. The fourth-order valence-corrected chi connectivity index (χ4v) is 1.79. The summed E-state index contributed by atoms with van der Waals surface area (Å²) in [6, 6.07) is 32.4. The Morgan fingerprint density at radius 1 is 0.571 bits per heavy atom. The van der Waals surface area contributed by atoms with Crippen molar-refractivity contribution >= 4 is 12.2 Å². The van der Waals surface area contributed by atoms with E-state index < -0.39 is 0 Å². The van der Waals surface area contributed by atoms with E-state index in [-0.39, 0.29) is 0 Å². The molecule has 0 aliphatic rings. The van der Waals surface area contributed by atoms with Crippen LogP contribution in [0.2, 0.25) is 0 Å². The summed E-state index contributed by atoms with van der Waals surface area (Å²) < 4.78 is 0. The molecule has 3 aromatic carbocycles. The molecule has 0 aliphatic heterocycles. The number of rotatable bonds is 3. The van der Waals surface area contributed by atoms with Crippen LogP contribution in [0.15, 0.2) is 136 Å². The van der Waals surface area contributed by atoms with Crippen LogP contribution in [0, 0.1) is 0 Å². The minimum absolute atomic E-state index is 1.11. The molecule has 0 fully saturated rings. The van der Waals surface area contributed by atoms with Crippen molar-refractivity contribution in [1.82, 2.24) is 0 Å². The third kappa shape index (κ3) is 17.4. The average molecular weight is 371 g/mol. The summed E-state index contributed by atoms with van der Waals surface area (Å²) in [6.45, 7) is 17.8. The van der Waals surface area contributed by atoms with Crippen LogP contribution in [0.3, 0.4) is 0 Å². The summed E-state index contributed by atoms with van der Waals surface area (Å²) in [5, 5.41) is 0. The molecule has 0 amide bonds. The molecule has 0 nitrogen and oxygen atoms in total. The SMILES string of the molecule is C=C.C=C.C=Cc1ccccc1.CCC=Cc1ccccc1.c1ccccc1. The van der Waals surface area contributed by atoms with Crippen molar-refractivity contribution in [2.75, 3.05) is 0 Å². The fourth-order valence-electron chi connectivity index (χ4n) is 1.79. The first-order chi connectivity index (χ1) is 13.9. The van der Waals surface area contributed by atoms with E-state index in [1.807, 2.05) is 78.9 Å². The maximum atomic E-state index is 3.63. The Kier molecular flexibility index (Phi) is 22.6. The minimum atomic E-state index is 1.11. The second-order valence-electron chi connectivity index (χ2n) is 4.99. The lowest BCUT2D eigenvalue weighted by Gasteiger charge is -1.88. The van der Waals surface area contributed by atoms with Gasteiger partial charge in [0.25, 0.3) is 0 Å². The molecule has 0 N–H and O–H groups in total. The molecule has 0 spiro atoms. The summed E-state index contributed by atoms with van der Waals surface area (Å²) >= 11 is 0. The van der Waals surface area contributed by atoms with Gasteiger partial charge in [-0.1, -0.05) is 129 Å². The van der Waals surface area contributed by atoms with Crippen molar-refractivity contribution in [3.8, 4) is 0 Å². The Labute approximate surface area is 172 Å². The summed E-state index contributed by atoms with van der Waals surface area (Å²) in [7, 11) is 0. The van der Waals surface area contributed by atoms with E-state index >= 15 is 0 Å². The van der Waals surface area contributed by atoms with Crippen LogP contribution >= 0.6 is 0 Å². The van der Waals surface area contributed by atoms with Crippen molar-refractivity contribution < 1.29 is 0 Å². The fraction of sp³-hybridized carbons (Fsp3) is 0.0714. The Morgan fingerprint density at radius 2 is 0.893 bits per heavy atom. The Morgan fingerprint density at radius 3 is 1.18 bits per heavy atom. The first-order valence-corrected chi connectivity index (χ1v) is 9.26.